The third-order valence-corrected chi connectivity index (χ3v) is 3.01. The first-order valence-corrected chi connectivity index (χ1v) is 5.87. The second-order valence-corrected chi connectivity index (χ2v) is 4.18. The van der Waals surface area contributed by atoms with Crippen molar-refractivity contribution < 1.29 is 5.11 Å². The summed E-state index contributed by atoms with van der Waals surface area (Å²) >= 11 is 0. The molecule has 0 amide bonds. The lowest BCUT2D eigenvalue weighted by molar-refractivity contribution is 0.474. The van der Waals surface area contributed by atoms with Gasteiger partial charge in [0.15, 0.2) is 0 Å². The molecule has 2 heteroatoms. The monoisotopic (exact) mass is 235 g/mol. The first-order valence-electron chi connectivity index (χ1n) is 5.87. The van der Waals surface area contributed by atoms with Crippen molar-refractivity contribution in [2.24, 2.45) is 0 Å². The average molecular weight is 235 g/mol. The molecule has 3 rings (SSSR count). The molecule has 18 heavy (non-hydrogen) atoms. The van der Waals surface area contributed by atoms with Crippen molar-refractivity contribution in [1.82, 2.24) is 4.98 Å². The quantitative estimate of drug-likeness (QED) is 0.646. The molecular formula is C16H13NO. The van der Waals surface area contributed by atoms with Crippen molar-refractivity contribution >= 4 is 23.1 Å². The lowest BCUT2D eigenvalue weighted by Crippen LogP contribution is -1.76. The maximum atomic E-state index is 9.70. The Balaban J connectivity index is 2.02. The highest BCUT2D eigenvalue weighted by Gasteiger charge is 1.99. The van der Waals surface area contributed by atoms with Crippen LogP contribution >= 0.6 is 0 Å². The minimum Gasteiger partial charge on any atom is -0.507 e. The standard InChI is InChI=1S/C16H13NO/c18-16-7-2-1-4-13(16)9-8-12-5-3-6-15-14(12)10-11-17-15/h1-11,17-18H. The number of rotatable bonds is 2. The molecule has 0 atom stereocenters. The molecule has 3 aromatic rings. The van der Waals surface area contributed by atoms with Gasteiger partial charge in [0, 0.05) is 22.7 Å². The number of hydrogen-bond acceptors (Lipinski definition) is 1. The molecule has 88 valence electrons. The number of H-pyrrole nitrogens is 1. The highest BCUT2D eigenvalue weighted by atomic mass is 16.3. The molecule has 0 aliphatic carbocycles. The Morgan fingerprint density at radius 2 is 1.61 bits per heavy atom. The molecule has 0 aliphatic heterocycles. The molecule has 0 fully saturated rings. The topological polar surface area (TPSA) is 36.0 Å². The number of fused-ring (bicyclic) bond motifs is 1. The Hall–Kier alpha value is -2.48. The van der Waals surface area contributed by atoms with Crippen LogP contribution in [0.15, 0.2) is 54.7 Å². The predicted octanol–water partition coefficient (Wildman–Crippen LogP) is 4.04. The van der Waals surface area contributed by atoms with E-state index in [2.05, 4.69) is 17.1 Å². The number of para-hydroxylation sites is 1. The van der Waals surface area contributed by atoms with Gasteiger partial charge in [-0.3, -0.25) is 0 Å². The van der Waals surface area contributed by atoms with E-state index in [4.69, 9.17) is 0 Å². The van der Waals surface area contributed by atoms with Crippen molar-refractivity contribution in [1.29, 1.82) is 0 Å². The second-order valence-electron chi connectivity index (χ2n) is 4.18. The molecule has 0 aliphatic rings. The van der Waals surface area contributed by atoms with Crippen LogP contribution < -0.4 is 0 Å². The van der Waals surface area contributed by atoms with Crippen LogP contribution in [0.2, 0.25) is 0 Å². The Kier molecular flexibility index (Phi) is 2.61. The van der Waals surface area contributed by atoms with Crippen molar-refractivity contribution in [2.75, 3.05) is 0 Å². The van der Waals surface area contributed by atoms with E-state index in [1.54, 1.807) is 6.07 Å². The molecule has 2 nitrogen and oxygen atoms in total. The fourth-order valence-electron chi connectivity index (χ4n) is 2.06. The summed E-state index contributed by atoms with van der Waals surface area (Å²) in [5.41, 5.74) is 3.08. The van der Waals surface area contributed by atoms with Crippen LogP contribution in [0.25, 0.3) is 23.1 Å². The maximum absolute atomic E-state index is 9.70. The molecule has 2 aromatic carbocycles. The van der Waals surface area contributed by atoms with Gasteiger partial charge in [0.1, 0.15) is 5.75 Å². The Morgan fingerprint density at radius 3 is 2.50 bits per heavy atom. The summed E-state index contributed by atoms with van der Waals surface area (Å²) in [6.07, 6.45) is 5.88. The summed E-state index contributed by atoms with van der Waals surface area (Å²) in [4.78, 5) is 3.19. The summed E-state index contributed by atoms with van der Waals surface area (Å²) in [5.74, 6) is 0.301. The predicted molar refractivity (Wildman–Crippen MR) is 75.3 cm³/mol. The van der Waals surface area contributed by atoms with Crippen molar-refractivity contribution in [2.45, 2.75) is 0 Å². The minimum absolute atomic E-state index is 0.301. The second kappa shape index (κ2) is 4.41. The van der Waals surface area contributed by atoms with Crippen molar-refractivity contribution in [3.05, 3.63) is 65.9 Å². The lowest BCUT2D eigenvalue weighted by Gasteiger charge is -1.99. The fraction of sp³-hybridized carbons (Fsp3) is 0. The zero-order chi connectivity index (χ0) is 12.4. The summed E-state index contributed by atoms with van der Waals surface area (Å²) in [6.45, 7) is 0. The zero-order valence-corrected chi connectivity index (χ0v) is 9.80. The molecule has 0 radical (unpaired) electrons. The number of aromatic nitrogens is 1. The normalized spacial score (nSPS) is 11.3. The Morgan fingerprint density at radius 1 is 0.833 bits per heavy atom. The summed E-state index contributed by atoms with van der Waals surface area (Å²) in [6, 6.07) is 15.5. The number of benzene rings is 2. The average Bonchev–Trinajstić information content (AvgIpc) is 2.86. The van der Waals surface area contributed by atoms with Crippen LogP contribution in [0.1, 0.15) is 11.1 Å². The molecular weight excluding hydrogens is 222 g/mol. The highest BCUT2D eigenvalue weighted by molar-refractivity contribution is 5.91. The summed E-state index contributed by atoms with van der Waals surface area (Å²) in [5, 5.41) is 10.9. The largest absolute Gasteiger partial charge is 0.507 e. The third kappa shape index (κ3) is 1.89. The maximum Gasteiger partial charge on any atom is 0.122 e. The molecule has 2 N–H and O–H groups in total. The summed E-state index contributed by atoms with van der Waals surface area (Å²) in [7, 11) is 0. The van der Waals surface area contributed by atoms with Gasteiger partial charge < -0.3 is 10.1 Å². The van der Waals surface area contributed by atoms with E-state index in [9.17, 15) is 5.11 Å². The number of hydrogen-bond donors (Lipinski definition) is 2. The van der Waals surface area contributed by atoms with E-state index >= 15 is 0 Å². The van der Waals surface area contributed by atoms with Crippen molar-refractivity contribution in [3.63, 3.8) is 0 Å². The van der Waals surface area contributed by atoms with Crippen LogP contribution in [0.5, 0.6) is 5.75 Å². The molecule has 1 aromatic heterocycles. The first-order chi connectivity index (χ1) is 8.84. The van der Waals surface area contributed by atoms with E-state index in [1.165, 1.54) is 5.39 Å². The van der Waals surface area contributed by atoms with Crippen LogP contribution in [0, 0.1) is 0 Å². The van der Waals surface area contributed by atoms with E-state index in [0.29, 0.717) is 5.75 Å². The molecule has 0 unspecified atom stereocenters. The van der Waals surface area contributed by atoms with Crippen LogP contribution in [0.4, 0.5) is 0 Å². The van der Waals surface area contributed by atoms with Crippen molar-refractivity contribution in [3.8, 4) is 5.75 Å². The molecule has 0 saturated carbocycles. The van der Waals surface area contributed by atoms with E-state index in [0.717, 1.165) is 16.6 Å². The number of aromatic amines is 1. The Labute approximate surface area is 105 Å². The minimum atomic E-state index is 0.301. The third-order valence-electron chi connectivity index (χ3n) is 3.01. The first kappa shape index (κ1) is 10.7. The van der Waals surface area contributed by atoms with Gasteiger partial charge in [-0.2, -0.15) is 0 Å². The fourth-order valence-corrected chi connectivity index (χ4v) is 2.06. The molecule has 0 saturated heterocycles. The van der Waals surface area contributed by atoms with Gasteiger partial charge in [0.05, 0.1) is 0 Å². The SMILES string of the molecule is Oc1ccccc1C=Cc1cccc2[nH]ccc12. The molecule has 1 heterocycles. The zero-order valence-electron chi connectivity index (χ0n) is 9.80. The highest BCUT2D eigenvalue weighted by Crippen LogP contribution is 2.22. The van der Waals surface area contributed by atoms with Gasteiger partial charge in [0.25, 0.3) is 0 Å². The van der Waals surface area contributed by atoms with Gasteiger partial charge >= 0.3 is 0 Å². The van der Waals surface area contributed by atoms with Gasteiger partial charge in [-0.25, -0.2) is 0 Å². The van der Waals surface area contributed by atoms with Crippen LogP contribution in [-0.2, 0) is 0 Å². The van der Waals surface area contributed by atoms with Crippen LogP contribution in [0.3, 0.4) is 0 Å². The van der Waals surface area contributed by atoms with E-state index in [-0.39, 0.29) is 0 Å². The van der Waals surface area contributed by atoms with E-state index in [1.807, 2.05) is 48.7 Å². The Bertz CT molecular complexity index is 710. The van der Waals surface area contributed by atoms with Gasteiger partial charge in [-0.1, -0.05) is 42.5 Å². The number of phenols is 1. The lowest BCUT2D eigenvalue weighted by atomic mass is 10.1. The molecule has 0 spiro atoms. The number of phenolic OH excluding ortho intramolecular Hbond substituents is 1. The summed E-state index contributed by atoms with van der Waals surface area (Å²) < 4.78 is 0. The van der Waals surface area contributed by atoms with Gasteiger partial charge in [0.2, 0.25) is 0 Å². The molecule has 0 bridgehead atoms. The van der Waals surface area contributed by atoms with Gasteiger partial charge in [-0.05, 0) is 23.8 Å². The van der Waals surface area contributed by atoms with E-state index < -0.39 is 0 Å². The smallest absolute Gasteiger partial charge is 0.122 e. The number of nitrogens with one attached hydrogen (secondary N) is 1. The van der Waals surface area contributed by atoms with Gasteiger partial charge in [-0.15, -0.1) is 0 Å². The number of aromatic hydroxyl groups is 1. The van der Waals surface area contributed by atoms with Crippen LogP contribution in [-0.4, -0.2) is 10.1 Å².